The molecule has 6 nitrogen and oxygen atoms in total. The number of nitrogens with zero attached hydrogens (tertiary/aromatic N) is 3. The molecular weight excluding hydrogens is 304 g/mol. The first kappa shape index (κ1) is 16.6. The third kappa shape index (κ3) is 3.19. The van der Waals surface area contributed by atoms with E-state index in [1.165, 1.54) is 5.56 Å². The Labute approximate surface area is 142 Å². The Bertz CT molecular complexity index is 698. The second kappa shape index (κ2) is 7.13. The Kier molecular flexibility index (Phi) is 4.94. The molecule has 128 valence electrons. The van der Waals surface area contributed by atoms with Gasteiger partial charge in [0.05, 0.1) is 5.69 Å². The van der Waals surface area contributed by atoms with E-state index in [2.05, 4.69) is 33.5 Å². The Morgan fingerprint density at radius 3 is 3.04 bits per heavy atom. The maximum Gasteiger partial charge on any atom is 0.256 e. The van der Waals surface area contributed by atoms with Crippen molar-refractivity contribution in [2.75, 3.05) is 20.1 Å². The molecule has 2 aromatic rings. The van der Waals surface area contributed by atoms with Crippen LogP contribution in [0.2, 0.25) is 0 Å². The summed E-state index contributed by atoms with van der Waals surface area (Å²) in [6.45, 7) is 5.42. The van der Waals surface area contributed by atoms with Gasteiger partial charge in [-0.1, -0.05) is 18.1 Å². The van der Waals surface area contributed by atoms with E-state index in [0.717, 1.165) is 13.0 Å². The molecule has 1 aliphatic heterocycles. The number of carbonyl (C=O) groups excluding carboxylic acids is 1. The van der Waals surface area contributed by atoms with Gasteiger partial charge in [0.1, 0.15) is 11.3 Å². The van der Waals surface area contributed by atoms with Gasteiger partial charge < -0.3 is 9.84 Å². The molecular formula is C18H24N4O2. The average molecular weight is 328 g/mol. The number of hydrogen-bond acceptors (Lipinski definition) is 5. The lowest BCUT2D eigenvalue weighted by Gasteiger charge is -2.25. The van der Waals surface area contributed by atoms with Crippen molar-refractivity contribution in [1.82, 2.24) is 20.4 Å². The highest BCUT2D eigenvalue weighted by atomic mass is 16.5. The zero-order chi connectivity index (χ0) is 17.1. The molecule has 0 aliphatic carbocycles. The van der Waals surface area contributed by atoms with E-state index in [4.69, 9.17) is 4.52 Å². The average Bonchev–Trinajstić information content (AvgIpc) is 3.16. The molecule has 0 unspecified atom stereocenters. The summed E-state index contributed by atoms with van der Waals surface area (Å²) in [5, 5.41) is 6.99. The number of likely N-dealkylation sites (tertiary alicyclic amines) is 1. The highest BCUT2D eigenvalue weighted by Crippen LogP contribution is 2.35. The van der Waals surface area contributed by atoms with E-state index in [1.807, 2.05) is 19.2 Å². The largest absolute Gasteiger partial charge is 0.360 e. The van der Waals surface area contributed by atoms with E-state index in [0.29, 0.717) is 35.9 Å². The van der Waals surface area contributed by atoms with Crippen molar-refractivity contribution in [3.05, 3.63) is 47.1 Å². The van der Waals surface area contributed by atoms with Crippen molar-refractivity contribution in [2.24, 2.45) is 5.92 Å². The fraction of sp³-hybridized carbons (Fsp3) is 0.500. The second-order valence-electron chi connectivity index (χ2n) is 6.39. The van der Waals surface area contributed by atoms with Gasteiger partial charge in [-0.05, 0) is 44.5 Å². The van der Waals surface area contributed by atoms with Gasteiger partial charge in [-0.25, -0.2) is 0 Å². The van der Waals surface area contributed by atoms with Crippen LogP contribution in [0.5, 0.6) is 0 Å². The molecule has 0 saturated carbocycles. The van der Waals surface area contributed by atoms with Crippen LogP contribution in [0.3, 0.4) is 0 Å². The summed E-state index contributed by atoms with van der Waals surface area (Å²) in [5.41, 5.74) is 2.44. The number of carbonyl (C=O) groups is 1. The van der Waals surface area contributed by atoms with Crippen LogP contribution in [0, 0.1) is 12.8 Å². The van der Waals surface area contributed by atoms with E-state index in [9.17, 15) is 4.79 Å². The molecule has 2 atom stereocenters. The fourth-order valence-electron chi connectivity index (χ4n) is 3.58. The molecule has 6 heteroatoms. The summed E-state index contributed by atoms with van der Waals surface area (Å²) in [7, 11) is 2.12. The van der Waals surface area contributed by atoms with Gasteiger partial charge in [-0.3, -0.25) is 14.7 Å². The standard InChI is InChI=1S/C18H24N4O2/c1-4-15-16(12(2)21-24-15)18(23)20-11-14-7-9-22(3)17(14)13-6-5-8-19-10-13/h5-6,8,10,14,17H,4,7,9,11H2,1-3H3,(H,20,23)/t14-,17-/m0/s1. The van der Waals surface area contributed by atoms with Crippen molar-refractivity contribution in [3.63, 3.8) is 0 Å². The van der Waals surface area contributed by atoms with Gasteiger partial charge >= 0.3 is 0 Å². The molecule has 1 fully saturated rings. The van der Waals surface area contributed by atoms with Crippen molar-refractivity contribution in [2.45, 2.75) is 32.7 Å². The van der Waals surface area contributed by atoms with Crippen molar-refractivity contribution < 1.29 is 9.32 Å². The first-order valence-corrected chi connectivity index (χ1v) is 8.45. The van der Waals surface area contributed by atoms with Gasteiger partial charge in [0.15, 0.2) is 0 Å². The molecule has 1 aliphatic rings. The second-order valence-corrected chi connectivity index (χ2v) is 6.39. The zero-order valence-corrected chi connectivity index (χ0v) is 14.5. The zero-order valence-electron chi connectivity index (χ0n) is 14.5. The van der Waals surface area contributed by atoms with Gasteiger partial charge in [0.25, 0.3) is 5.91 Å². The van der Waals surface area contributed by atoms with Crippen LogP contribution >= 0.6 is 0 Å². The topological polar surface area (TPSA) is 71.3 Å². The number of hydrogen-bond donors (Lipinski definition) is 1. The van der Waals surface area contributed by atoms with E-state index in [1.54, 1.807) is 13.1 Å². The van der Waals surface area contributed by atoms with Gasteiger partial charge in [0, 0.05) is 31.4 Å². The number of rotatable bonds is 5. The number of aromatic nitrogens is 2. The third-order valence-electron chi connectivity index (χ3n) is 4.81. The van der Waals surface area contributed by atoms with Gasteiger partial charge in [-0.2, -0.15) is 0 Å². The van der Waals surface area contributed by atoms with E-state index in [-0.39, 0.29) is 11.9 Å². The third-order valence-corrected chi connectivity index (χ3v) is 4.81. The number of pyridine rings is 1. The van der Waals surface area contributed by atoms with Crippen LogP contribution in [-0.2, 0) is 6.42 Å². The highest BCUT2D eigenvalue weighted by Gasteiger charge is 2.33. The Morgan fingerprint density at radius 2 is 2.33 bits per heavy atom. The molecule has 1 amide bonds. The smallest absolute Gasteiger partial charge is 0.256 e. The fourth-order valence-corrected chi connectivity index (χ4v) is 3.58. The lowest BCUT2D eigenvalue weighted by atomic mass is 9.94. The summed E-state index contributed by atoms with van der Waals surface area (Å²) in [4.78, 5) is 19.1. The molecule has 3 rings (SSSR count). The number of amides is 1. The highest BCUT2D eigenvalue weighted by molar-refractivity contribution is 5.96. The first-order chi connectivity index (χ1) is 11.6. The van der Waals surface area contributed by atoms with Crippen LogP contribution in [-0.4, -0.2) is 41.1 Å². The van der Waals surface area contributed by atoms with E-state index >= 15 is 0 Å². The number of nitrogens with one attached hydrogen (secondary N) is 1. The minimum Gasteiger partial charge on any atom is -0.360 e. The van der Waals surface area contributed by atoms with Crippen LogP contribution in [0.1, 0.15) is 46.8 Å². The molecule has 0 spiro atoms. The lowest BCUT2D eigenvalue weighted by Crippen LogP contribution is -2.33. The molecule has 0 bridgehead atoms. The maximum absolute atomic E-state index is 12.6. The molecule has 0 radical (unpaired) electrons. The SMILES string of the molecule is CCc1onc(C)c1C(=O)NC[C@@H]1CCN(C)[C@H]1c1cccnc1. The predicted molar refractivity (Wildman–Crippen MR) is 90.7 cm³/mol. The van der Waals surface area contributed by atoms with Crippen LogP contribution in [0.15, 0.2) is 29.0 Å². The first-order valence-electron chi connectivity index (χ1n) is 8.45. The molecule has 1 N–H and O–H groups in total. The summed E-state index contributed by atoms with van der Waals surface area (Å²) >= 11 is 0. The van der Waals surface area contributed by atoms with Crippen LogP contribution in [0.4, 0.5) is 0 Å². The molecule has 24 heavy (non-hydrogen) atoms. The summed E-state index contributed by atoms with van der Waals surface area (Å²) < 4.78 is 5.22. The summed E-state index contributed by atoms with van der Waals surface area (Å²) in [6.07, 6.45) is 5.42. The molecule has 1 saturated heterocycles. The molecule has 2 aromatic heterocycles. The normalized spacial score (nSPS) is 21.1. The summed E-state index contributed by atoms with van der Waals surface area (Å²) in [5.74, 6) is 0.927. The van der Waals surface area contributed by atoms with Crippen LogP contribution in [0.25, 0.3) is 0 Å². The Morgan fingerprint density at radius 1 is 1.50 bits per heavy atom. The quantitative estimate of drug-likeness (QED) is 0.912. The molecule has 3 heterocycles. The Hall–Kier alpha value is -2.21. The number of aryl methyl sites for hydroxylation is 2. The maximum atomic E-state index is 12.6. The summed E-state index contributed by atoms with van der Waals surface area (Å²) in [6, 6.07) is 4.35. The molecule has 0 aromatic carbocycles. The van der Waals surface area contributed by atoms with Crippen molar-refractivity contribution >= 4 is 5.91 Å². The Balaban J connectivity index is 1.69. The minimum absolute atomic E-state index is 0.0925. The minimum atomic E-state index is -0.0925. The monoisotopic (exact) mass is 328 g/mol. The van der Waals surface area contributed by atoms with Gasteiger partial charge in [-0.15, -0.1) is 0 Å². The van der Waals surface area contributed by atoms with Crippen molar-refractivity contribution in [3.8, 4) is 0 Å². The predicted octanol–water partition coefficient (Wildman–Crippen LogP) is 2.36. The van der Waals surface area contributed by atoms with Crippen LogP contribution < -0.4 is 5.32 Å². The van der Waals surface area contributed by atoms with E-state index < -0.39 is 0 Å². The lowest BCUT2D eigenvalue weighted by molar-refractivity contribution is 0.0941. The van der Waals surface area contributed by atoms with Crippen molar-refractivity contribution in [1.29, 1.82) is 0 Å². The van der Waals surface area contributed by atoms with Gasteiger partial charge in [0.2, 0.25) is 0 Å².